The molecule has 6 nitrogen and oxygen atoms in total. The number of carbonyl (C=O) groups is 1. The normalized spacial score (nSPS) is 11.1. The number of nitrogens with two attached hydrogens (primary N) is 1. The van der Waals surface area contributed by atoms with Gasteiger partial charge in [-0.2, -0.15) is 4.99 Å². The van der Waals surface area contributed by atoms with Gasteiger partial charge < -0.3 is 15.8 Å². The first-order valence-electron chi connectivity index (χ1n) is 7.97. The lowest BCUT2D eigenvalue weighted by atomic mass is 10.2. The van der Waals surface area contributed by atoms with E-state index in [4.69, 9.17) is 10.5 Å². The number of benzene rings is 1. The van der Waals surface area contributed by atoms with Gasteiger partial charge in [0.05, 0.1) is 12.2 Å². The minimum absolute atomic E-state index is 0.0282. The molecule has 0 unspecified atom stereocenters. The zero-order chi connectivity index (χ0) is 17.2. The Morgan fingerprint density at radius 2 is 2.04 bits per heavy atom. The van der Waals surface area contributed by atoms with Crippen molar-refractivity contribution in [2.24, 2.45) is 10.7 Å². The molecule has 6 heteroatoms. The zero-order valence-corrected chi connectivity index (χ0v) is 13.7. The van der Waals surface area contributed by atoms with E-state index >= 15 is 0 Å². The molecule has 1 aromatic heterocycles. The van der Waals surface area contributed by atoms with Crippen LogP contribution in [0.5, 0.6) is 5.75 Å². The van der Waals surface area contributed by atoms with Crippen molar-refractivity contribution in [3.05, 3.63) is 54.4 Å². The van der Waals surface area contributed by atoms with Gasteiger partial charge in [-0.05, 0) is 42.8 Å². The number of rotatable bonds is 7. The van der Waals surface area contributed by atoms with Gasteiger partial charge in [-0.3, -0.25) is 9.78 Å². The highest BCUT2D eigenvalue weighted by Gasteiger charge is 2.05. The second-order valence-electron chi connectivity index (χ2n) is 5.25. The van der Waals surface area contributed by atoms with Crippen LogP contribution in [-0.2, 0) is 0 Å². The molecule has 0 spiro atoms. The van der Waals surface area contributed by atoms with Crippen molar-refractivity contribution in [1.29, 1.82) is 0 Å². The quantitative estimate of drug-likeness (QED) is 0.463. The van der Waals surface area contributed by atoms with E-state index < -0.39 is 5.91 Å². The van der Waals surface area contributed by atoms with Gasteiger partial charge in [0.15, 0.2) is 0 Å². The smallest absolute Gasteiger partial charge is 0.281 e. The van der Waals surface area contributed by atoms with Crippen LogP contribution in [0, 0.1) is 0 Å². The molecule has 1 heterocycles. The van der Waals surface area contributed by atoms with Gasteiger partial charge in [0.1, 0.15) is 5.75 Å². The number of anilines is 1. The average molecular weight is 326 g/mol. The summed E-state index contributed by atoms with van der Waals surface area (Å²) in [6.07, 6.45) is 6.42. The fourth-order valence-electron chi connectivity index (χ4n) is 2.02. The average Bonchev–Trinajstić information content (AvgIpc) is 2.61. The number of unbranched alkanes of at least 4 members (excludes halogenated alkanes) is 2. The highest BCUT2D eigenvalue weighted by atomic mass is 16.5. The number of hydrogen-bond acceptors (Lipinski definition) is 3. The zero-order valence-electron chi connectivity index (χ0n) is 13.7. The number of carbonyl (C=O) groups excluding carboxylic acids is 1. The van der Waals surface area contributed by atoms with E-state index in [0.29, 0.717) is 12.2 Å². The highest BCUT2D eigenvalue weighted by Crippen LogP contribution is 2.16. The molecule has 0 saturated carbocycles. The van der Waals surface area contributed by atoms with Gasteiger partial charge >= 0.3 is 0 Å². The maximum absolute atomic E-state index is 11.9. The Morgan fingerprint density at radius 3 is 2.71 bits per heavy atom. The second kappa shape index (κ2) is 9.29. The predicted molar refractivity (Wildman–Crippen MR) is 95.3 cm³/mol. The first-order chi connectivity index (χ1) is 11.7. The molecular formula is C18H22N4O2. The number of hydrogen-bond donors (Lipinski definition) is 2. The molecule has 3 N–H and O–H groups in total. The summed E-state index contributed by atoms with van der Waals surface area (Å²) in [5.41, 5.74) is 6.88. The lowest BCUT2D eigenvalue weighted by Crippen LogP contribution is -2.24. The van der Waals surface area contributed by atoms with E-state index in [1.165, 1.54) is 12.6 Å². The summed E-state index contributed by atoms with van der Waals surface area (Å²) in [5, 5.41) is 2.88. The predicted octanol–water partition coefficient (Wildman–Crippen LogP) is 3.22. The van der Waals surface area contributed by atoms with Crippen LogP contribution in [0.1, 0.15) is 36.5 Å². The van der Waals surface area contributed by atoms with E-state index in [2.05, 4.69) is 22.2 Å². The third-order valence-corrected chi connectivity index (χ3v) is 3.27. The van der Waals surface area contributed by atoms with E-state index in [9.17, 15) is 4.79 Å². The van der Waals surface area contributed by atoms with Crippen LogP contribution in [0.25, 0.3) is 0 Å². The van der Waals surface area contributed by atoms with Crippen molar-refractivity contribution in [3.63, 3.8) is 0 Å². The monoisotopic (exact) mass is 326 g/mol. The van der Waals surface area contributed by atoms with Crippen molar-refractivity contribution < 1.29 is 9.53 Å². The summed E-state index contributed by atoms with van der Waals surface area (Å²) in [4.78, 5) is 19.6. The molecule has 0 saturated heterocycles. The van der Waals surface area contributed by atoms with Gasteiger partial charge in [0.25, 0.3) is 5.91 Å². The molecule has 0 aliphatic heterocycles. The summed E-state index contributed by atoms with van der Waals surface area (Å²) >= 11 is 0. The van der Waals surface area contributed by atoms with E-state index in [1.54, 1.807) is 18.3 Å². The highest BCUT2D eigenvalue weighted by molar-refractivity contribution is 6.05. The largest absolute Gasteiger partial charge is 0.494 e. The molecule has 2 aromatic rings. The van der Waals surface area contributed by atoms with Crippen molar-refractivity contribution in [3.8, 4) is 5.75 Å². The minimum Gasteiger partial charge on any atom is -0.494 e. The summed E-state index contributed by atoms with van der Waals surface area (Å²) in [5.74, 6) is 0.392. The lowest BCUT2D eigenvalue weighted by molar-refractivity contribution is 0.100. The Labute approximate surface area is 141 Å². The Balaban J connectivity index is 1.88. The van der Waals surface area contributed by atoms with Crippen molar-refractivity contribution in [2.45, 2.75) is 26.2 Å². The SMILES string of the molecule is CCCCCOc1ccc(NC(N)=NC(=O)c2cccnc2)cc1. The molecule has 1 aromatic carbocycles. The van der Waals surface area contributed by atoms with Gasteiger partial charge in [0.2, 0.25) is 5.96 Å². The lowest BCUT2D eigenvalue weighted by Gasteiger charge is -2.08. The summed E-state index contributed by atoms with van der Waals surface area (Å²) < 4.78 is 5.64. The van der Waals surface area contributed by atoms with Crippen LogP contribution >= 0.6 is 0 Å². The fraction of sp³-hybridized carbons (Fsp3) is 0.278. The Kier molecular flexibility index (Phi) is 6.76. The number of guanidine groups is 1. The minimum atomic E-state index is -0.441. The van der Waals surface area contributed by atoms with E-state index in [1.807, 2.05) is 24.3 Å². The van der Waals surface area contributed by atoms with E-state index in [0.717, 1.165) is 24.3 Å². The van der Waals surface area contributed by atoms with Crippen LogP contribution in [0.3, 0.4) is 0 Å². The molecule has 0 radical (unpaired) electrons. The van der Waals surface area contributed by atoms with Crippen LogP contribution < -0.4 is 15.8 Å². The third kappa shape index (κ3) is 5.72. The van der Waals surface area contributed by atoms with Crippen molar-refractivity contribution >= 4 is 17.6 Å². The number of ether oxygens (including phenoxy) is 1. The summed E-state index contributed by atoms with van der Waals surface area (Å²) in [7, 11) is 0. The Hall–Kier alpha value is -2.89. The first kappa shape index (κ1) is 17.5. The molecule has 0 aliphatic rings. The van der Waals surface area contributed by atoms with Crippen molar-refractivity contribution in [1.82, 2.24) is 4.98 Å². The van der Waals surface area contributed by atoms with Crippen LogP contribution in [-0.4, -0.2) is 23.5 Å². The molecule has 2 rings (SSSR count). The number of pyridine rings is 1. The number of aromatic nitrogens is 1. The number of amides is 1. The standard InChI is InChI=1S/C18H22N4O2/c1-2-3-4-12-24-16-9-7-15(8-10-16)21-18(19)22-17(23)14-6-5-11-20-13-14/h5-11,13H,2-4,12H2,1H3,(H3,19,21,22,23). The maximum atomic E-state index is 11.9. The van der Waals surface area contributed by atoms with Gasteiger partial charge in [-0.1, -0.05) is 19.8 Å². The molecule has 0 fully saturated rings. The second-order valence-corrected chi connectivity index (χ2v) is 5.25. The molecule has 0 atom stereocenters. The molecule has 0 aliphatic carbocycles. The van der Waals surface area contributed by atoms with Crippen LogP contribution in [0.2, 0.25) is 0 Å². The molecule has 0 bridgehead atoms. The topological polar surface area (TPSA) is 89.6 Å². The summed E-state index contributed by atoms with van der Waals surface area (Å²) in [6.45, 7) is 2.87. The maximum Gasteiger partial charge on any atom is 0.281 e. The van der Waals surface area contributed by atoms with E-state index in [-0.39, 0.29) is 5.96 Å². The van der Waals surface area contributed by atoms with Gasteiger partial charge in [-0.25, -0.2) is 0 Å². The third-order valence-electron chi connectivity index (χ3n) is 3.27. The van der Waals surface area contributed by atoms with Crippen molar-refractivity contribution in [2.75, 3.05) is 11.9 Å². The number of aliphatic imine (C=N–C) groups is 1. The Morgan fingerprint density at radius 1 is 1.25 bits per heavy atom. The first-order valence-corrected chi connectivity index (χ1v) is 7.97. The summed E-state index contributed by atoms with van der Waals surface area (Å²) in [6, 6.07) is 10.7. The van der Waals surface area contributed by atoms with Crippen LogP contribution in [0.15, 0.2) is 53.8 Å². The Bertz CT molecular complexity index is 669. The molecule has 1 amide bonds. The van der Waals surface area contributed by atoms with Gasteiger partial charge in [0, 0.05) is 18.1 Å². The van der Waals surface area contributed by atoms with Crippen LogP contribution in [0.4, 0.5) is 5.69 Å². The molecular weight excluding hydrogens is 304 g/mol. The fourth-order valence-corrected chi connectivity index (χ4v) is 2.02. The number of nitrogens with one attached hydrogen (secondary N) is 1. The molecule has 126 valence electrons. The number of nitrogens with zero attached hydrogens (tertiary/aromatic N) is 2. The molecule has 24 heavy (non-hydrogen) atoms. The van der Waals surface area contributed by atoms with Gasteiger partial charge in [-0.15, -0.1) is 0 Å².